The van der Waals surface area contributed by atoms with Crippen molar-refractivity contribution in [2.24, 2.45) is 0 Å². The van der Waals surface area contributed by atoms with Gasteiger partial charge in [-0.05, 0) is 25.5 Å². The number of nitrogens with zero attached hydrogens (tertiary/aromatic N) is 5. The summed E-state index contributed by atoms with van der Waals surface area (Å²) in [7, 11) is 0. The Hall–Kier alpha value is -2.96. The predicted molar refractivity (Wildman–Crippen MR) is 88.4 cm³/mol. The van der Waals surface area contributed by atoms with Crippen molar-refractivity contribution in [3.63, 3.8) is 0 Å². The van der Waals surface area contributed by atoms with Crippen LogP contribution in [0.5, 0.6) is 0 Å². The number of rotatable bonds is 5. The highest BCUT2D eigenvalue weighted by Crippen LogP contribution is 2.12. The zero-order chi connectivity index (χ0) is 15.6. The van der Waals surface area contributed by atoms with Gasteiger partial charge in [-0.15, -0.1) is 0 Å². The Labute approximate surface area is 132 Å². The van der Waals surface area contributed by atoms with Crippen molar-refractivity contribution in [3.8, 4) is 0 Å². The number of anilines is 1. The molecule has 1 aromatic carbocycles. The van der Waals surface area contributed by atoms with Crippen LogP contribution in [0, 0.1) is 6.92 Å². The summed E-state index contributed by atoms with van der Waals surface area (Å²) in [5, 5.41) is 7.58. The van der Waals surface area contributed by atoms with E-state index in [1.165, 1.54) is 6.33 Å². The number of benzene rings is 1. The summed E-state index contributed by atoms with van der Waals surface area (Å²) in [6, 6.07) is 10.1. The van der Waals surface area contributed by atoms with Crippen molar-refractivity contribution < 1.29 is 0 Å². The molecule has 0 bridgehead atoms. The lowest BCUT2D eigenvalue weighted by Gasteiger charge is -2.07. The second-order valence-corrected chi connectivity index (χ2v) is 5.49. The third-order valence-corrected chi connectivity index (χ3v) is 3.71. The van der Waals surface area contributed by atoms with Gasteiger partial charge in [0.25, 0.3) is 5.78 Å². The average Bonchev–Trinajstić information content (AvgIpc) is 3.17. The van der Waals surface area contributed by atoms with Gasteiger partial charge in [-0.1, -0.05) is 12.1 Å². The van der Waals surface area contributed by atoms with Crippen LogP contribution in [0.25, 0.3) is 16.8 Å². The van der Waals surface area contributed by atoms with Crippen molar-refractivity contribution in [3.05, 3.63) is 48.2 Å². The Balaban J connectivity index is 1.40. The fourth-order valence-electron chi connectivity index (χ4n) is 2.65. The maximum Gasteiger partial charge on any atom is 0.254 e. The molecule has 2 N–H and O–H groups in total. The summed E-state index contributed by atoms with van der Waals surface area (Å²) in [4.78, 5) is 16.4. The van der Waals surface area contributed by atoms with E-state index in [0.717, 1.165) is 47.8 Å². The van der Waals surface area contributed by atoms with Gasteiger partial charge >= 0.3 is 0 Å². The molecule has 0 radical (unpaired) electrons. The molecular formula is C16H17N7. The number of nitrogens with one attached hydrogen (secondary N) is 2. The first-order valence-electron chi connectivity index (χ1n) is 7.64. The van der Waals surface area contributed by atoms with Gasteiger partial charge in [-0.3, -0.25) is 0 Å². The molecule has 0 aliphatic carbocycles. The first kappa shape index (κ1) is 13.7. The molecule has 116 valence electrons. The summed E-state index contributed by atoms with van der Waals surface area (Å²) < 4.78 is 1.72. The lowest BCUT2D eigenvalue weighted by atomic mass is 10.3. The van der Waals surface area contributed by atoms with E-state index in [4.69, 9.17) is 0 Å². The highest BCUT2D eigenvalue weighted by Gasteiger charge is 2.05. The maximum absolute atomic E-state index is 4.59. The number of aromatic nitrogens is 6. The largest absolute Gasteiger partial charge is 0.370 e. The SMILES string of the molecule is Cc1cc(NCCCc2nc3ccccc3[nH]2)n2ncnc2n1. The van der Waals surface area contributed by atoms with E-state index < -0.39 is 0 Å². The summed E-state index contributed by atoms with van der Waals surface area (Å²) in [5.74, 6) is 2.55. The molecule has 7 heteroatoms. The highest BCUT2D eigenvalue weighted by atomic mass is 15.3. The van der Waals surface area contributed by atoms with E-state index in [1.54, 1.807) is 4.52 Å². The number of aryl methyl sites for hydroxylation is 2. The van der Waals surface area contributed by atoms with Crippen molar-refractivity contribution >= 4 is 22.6 Å². The summed E-state index contributed by atoms with van der Waals surface area (Å²) >= 11 is 0. The third-order valence-electron chi connectivity index (χ3n) is 3.71. The molecule has 7 nitrogen and oxygen atoms in total. The minimum atomic E-state index is 0.616. The Morgan fingerprint density at radius 1 is 1.22 bits per heavy atom. The topological polar surface area (TPSA) is 83.8 Å². The highest BCUT2D eigenvalue weighted by molar-refractivity contribution is 5.74. The van der Waals surface area contributed by atoms with Gasteiger partial charge in [0.2, 0.25) is 0 Å². The average molecular weight is 307 g/mol. The smallest absolute Gasteiger partial charge is 0.254 e. The van der Waals surface area contributed by atoms with Crippen LogP contribution in [0.4, 0.5) is 5.82 Å². The fourth-order valence-corrected chi connectivity index (χ4v) is 2.65. The van der Waals surface area contributed by atoms with Crippen LogP contribution in [-0.4, -0.2) is 36.1 Å². The third kappa shape index (κ3) is 2.73. The van der Waals surface area contributed by atoms with E-state index in [1.807, 2.05) is 37.3 Å². The molecule has 0 saturated carbocycles. The number of H-pyrrole nitrogens is 1. The standard InChI is InChI=1S/C16H17N7/c1-11-9-15(23-16(20-11)18-10-19-23)17-8-4-7-14-21-12-5-2-3-6-13(12)22-14/h2-3,5-6,9-10,17H,4,7-8H2,1H3,(H,21,22). The summed E-state index contributed by atoms with van der Waals surface area (Å²) in [6.07, 6.45) is 3.38. The number of hydrogen-bond acceptors (Lipinski definition) is 5. The second kappa shape index (κ2) is 5.68. The molecule has 0 aliphatic rings. The maximum atomic E-state index is 4.59. The first-order chi connectivity index (χ1) is 11.3. The van der Waals surface area contributed by atoms with E-state index in [9.17, 15) is 0 Å². The lowest BCUT2D eigenvalue weighted by Crippen LogP contribution is -2.09. The zero-order valence-electron chi connectivity index (χ0n) is 12.8. The quantitative estimate of drug-likeness (QED) is 0.553. The molecule has 0 aliphatic heterocycles. The monoisotopic (exact) mass is 307 g/mol. The van der Waals surface area contributed by atoms with Crippen molar-refractivity contribution in [1.82, 2.24) is 29.5 Å². The second-order valence-electron chi connectivity index (χ2n) is 5.49. The van der Waals surface area contributed by atoms with Crippen LogP contribution in [0.1, 0.15) is 17.9 Å². The van der Waals surface area contributed by atoms with Gasteiger partial charge in [-0.2, -0.15) is 14.6 Å². The minimum absolute atomic E-state index is 0.616. The van der Waals surface area contributed by atoms with Crippen LogP contribution in [-0.2, 0) is 6.42 Å². The van der Waals surface area contributed by atoms with Crippen LogP contribution in [0.15, 0.2) is 36.7 Å². The van der Waals surface area contributed by atoms with Gasteiger partial charge in [0.15, 0.2) is 0 Å². The summed E-state index contributed by atoms with van der Waals surface area (Å²) in [5.41, 5.74) is 3.03. The molecule has 0 amide bonds. The van der Waals surface area contributed by atoms with E-state index in [2.05, 4.69) is 30.4 Å². The van der Waals surface area contributed by atoms with Crippen molar-refractivity contribution in [2.75, 3.05) is 11.9 Å². The number of aromatic amines is 1. The number of fused-ring (bicyclic) bond motifs is 2. The van der Waals surface area contributed by atoms with Crippen LogP contribution in [0.2, 0.25) is 0 Å². The van der Waals surface area contributed by atoms with Crippen molar-refractivity contribution in [2.45, 2.75) is 19.8 Å². The minimum Gasteiger partial charge on any atom is -0.370 e. The predicted octanol–water partition coefficient (Wildman–Crippen LogP) is 2.35. The van der Waals surface area contributed by atoms with E-state index in [0.29, 0.717) is 5.78 Å². The van der Waals surface area contributed by atoms with Crippen LogP contribution >= 0.6 is 0 Å². The Kier molecular flexibility index (Phi) is 3.38. The molecule has 4 aromatic rings. The Morgan fingerprint density at radius 2 is 2.13 bits per heavy atom. The zero-order valence-corrected chi connectivity index (χ0v) is 12.8. The lowest BCUT2D eigenvalue weighted by molar-refractivity contribution is 0.808. The van der Waals surface area contributed by atoms with Gasteiger partial charge in [0.05, 0.1) is 11.0 Å². The van der Waals surface area contributed by atoms with Crippen molar-refractivity contribution in [1.29, 1.82) is 0 Å². The van der Waals surface area contributed by atoms with E-state index >= 15 is 0 Å². The molecular weight excluding hydrogens is 290 g/mol. The van der Waals surface area contributed by atoms with Crippen LogP contribution < -0.4 is 5.32 Å². The Morgan fingerprint density at radius 3 is 3.04 bits per heavy atom. The molecule has 0 atom stereocenters. The molecule has 3 aromatic heterocycles. The Bertz CT molecular complexity index is 920. The molecule has 23 heavy (non-hydrogen) atoms. The summed E-state index contributed by atoms with van der Waals surface area (Å²) in [6.45, 7) is 2.78. The molecule has 4 rings (SSSR count). The number of imidazole rings is 1. The molecule has 0 spiro atoms. The van der Waals surface area contributed by atoms with Gasteiger partial charge < -0.3 is 10.3 Å². The van der Waals surface area contributed by atoms with Gasteiger partial charge in [0.1, 0.15) is 18.0 Å². The molecule has 3 heterocycles. The van der Waals surface area contributed by atoms with Gasteiger partial charge in [0, 0.05) is 24.7 Å². The van der Waals surface area contributed by atoms with E-state index in [-0.39, 0.29) is 0 Å². The van der Waals surface area contributed by atoms with Gasteiger partial charge in [-0.25, -0.2) is 9.97 Å². The molecule has 0 unspecified atom stereocenters. The van der Waals surface area contributed by atoms with Crippen LogP contribution in [0.3, 0.4) is 0 Å². The number of para-hydroxylation sites is 2. The molecule has 0 saturated heterocycles. The normalized spacial score (nSPS) is 11.3. The first-order valence-corrected chi connectivity index (χ1v) is 7.64. The fraction of sp³-hybridized carbons (Fsp3) is 0.250. The number of hydrogen-bond donors (Lipinski definition) is 2. The molecule has 0 fully saturated rings.